The molecule has 1 aromatic heterocycles. The van der Waals surface area contributed by atoms with Crippen molar-refractivity contribution in [3.05, 3.63) is 23.9 Å². The summed E-state index contributed by atoms with van der Waals surface area (Å²) in [6, 6.07) is 4.71. The summed E-state index contributed by atoms with van der Waals surface area (Å²) in [5, 5.41) is 3.53. The van der Waals surface area contributed by atoms with E-state index in [1.165, 1.54) is 12.0 Å². The van der Waals surface area contributed by atoms with Crippen LogP contribution < -0.4 is 10.1 Å². The summed E-state index contributed by atoms with van der Waals surface area (Å²) in [7, 11) is 1.66. The summed E-state index contributed by atoms with van der Waals surface area (Å²) in [6.45, 7) is 6.54. The lowest BCUT2D eigenvalue weighted by atomic mass is 10.1. The second kappa shape index (κ2) is 5.98. The molecule has 0 aromatic carbocycles. The van der Waals surface area contributed by atoms with Gasteiger partial charge in [0.25, 0.3) is 0 Å². The van der Waals surface area contributed by atoms with Crippen LogP contribution in [0.25, 0.3) is 0 Å². The van der Waals surface area contributed by atoms with Crippen molar-refractivity contribution in [3.8, 4) is 5.88 Å². The summed E-state index contributed by atoms with van der Waals surface area (Å²) in [4.78, 5) is 6.61. The van der Waals surface area contributed by atoms with E-state index in [1.54, 1.807) is 7.11 Å². The first kappa shape index (κ1) is 12.3. The number of pyridine rings is 1. The Hall–Kier alpha value is -1.13. The first-order valence-corrected chi connectivity index (χ1v) is 6.26. The average Bonchev–Trinajstić information content (AvgIpc) is 2.39. The van der Waals surface area contributed by atoms with Crippen LogP contribution in [0.1, 0.15) is 18.9 Å². The highest BCUT2D eigenvalue weighted by Gasteiger charge is 2.17. The number of ether oxygens (including phenoxy) is 1. The molecule has 0 spiro atoms. The van der Waals surface area contributed by atoms with E-state index in [0.717, 1.165) is 26.2 Å². The van der Waals surface area contributed by atoms with Crippen LogP contribution >= 0.6 is 0 Å². The molecule has 0 amide bonds. The maximum Gasteiger partial charge on any atom is 0.213 e. The van der Waals surface area contributed by atoms with Crippen LogP contribution in [0.2, 0.25) is 0 Å². The van der Waals surface area contributed by atoms with Crippen LogP contribution in [0.5, 0.6) is 5.88 Å². The number of hydrogen-bond donors (Lipinski definition) is 1. The van der Waals surface area contributed by atoms with E-state index in [4.69, 9.17) is 4.74 Å². The van der Waals surface area contributed by atoms with E-state index in [-0.39, 0.29) is 0 Å². The number of piperazine rings is 1. The molecule has 17 heavy (non-hydrogen) atoms. The molecule has 0 saturated carbocycles. The minimum Gasteiger partial charge on any atom is -0.481 e. The van der Waals surface area contributed by atoms with Gasteiger partial charge >= 0.3 is 0 Å². The van der Waals surface area contributed by atoms with Crippen molar-refractivity contribution in [2.75, 3.05) is 26.7 Å². The average molecular weight is 235 g/mol. The van der Waals surface area contributed by atoms with Crippen LogP contribution in [-0.4, -0.2) is 42.7 Å². The van der Waals surface area contributed by atoms with Crippen molar-refractivity contribution in [2.45, 2.75) is 25.9 Å². The Kier molecular flexibility index (Phi) is 4.34. The molecule has 1 aliphatic heterocycles. The molecule has 1 unspecified atom stereocenters. The Morgan fingerprint density at radius 3 is 3.24 bits per heavy atom. The second-order valence-corrected chi connectivity index (χ2v) is 4.50. The highest BCUT2D eigenvalue weighted by molar-refractivity contribution is 5.20. The third-order valence-corrected chi connectivity index (χ3v) is 3.25. The third kappa shape index (κ3) is 3.41. The Morgan fingerprint density at radius 1 is 1.59 bits per heavy atom. The topological polar surface area (TPSA) is 37.4 Å². The summed E-state index contributed by atoms with van der Waals surface area (Å²) in [6.07, 6.45) is 3.00. The first-order valence-electron chi connectivity index (χ1n) is 6.26. The Labute approximate surface area is 103 Å². The number of hydrogen-bond acceptors (Lipinski definition) is 4. The van der Waals surface area contributed by atoms with Gasteiger partial charge in [-0.15, -0.1) is 0 Å². The molecule has 2 heterocycles. The predicted molar refractivity (Wildman–Crippen MR) is 68.1 cm³/mol. The van der Waals surface area contributed by atoms with Gasteiger partial charge in [0, 0.05) is 44.5 Å². The predicted octanol–water partition coefficient (Wildman–Crippen LogP) is 1.27. The third-order valence-electron chi connectivity index (χ3n) is 3.25. The zero-order valence-electron chi connectivity index (χ0n) is 10.6. The van der Waals surface area contributed by atoms with Gasteiger partial charge in [-0.2, -0.15) is 0 Å². The van der Waals surface area contributed by atoms with E-state index in [0.29, 0.717) is 11.9 Å². The van der Waals surface area contributed by atoms with Crippen molar-refractivity contribution in [1.82, 2.24) is 15.2 Å². The van der Waals surface area contributed by atoms with E-state index >= 15 is 0 Å². The smallest absolute Gasteiger partial charge is 0.213 e. The zero-order valence-corrected chi connectivity index (χ0v) is 10.6. The Bertz CT molecular complexity index is 356. The Morgan fingerprint density at radius 2 is 2.47 bits per heavy atom. The standard InChI is InChI=1S/C13H21N3O/c1-3-12-10-16(7-6-14-12)9-11-4-5-15-13(8-11)17-2/h4-5,8,12,14H,3,6-7,9-10H2,1-2H3. The fourth-order valence-electron chi connectivity index (χ4n) is 2.23. The quantitative estimate of drug-likeness (QED) is 0.853. The summed E-state index contributed by atoms with van der Waals surface area (Å²) < 4.78 is 5.14. The highest BCUT2D eigenvalue weighted by atomic mass is 16.5. The van der Waals surface area contributed by atoms with Crippen LogP contribution in [0.4, 0.5) is 0 Å². The van der Waals surface area contributed by atoms with E-state index < -0.39 is 0 Å². The van der Waals surface area contributed by atoms with E-state index in [9.17, 15) is 0 Å². The molecule has 4 nitrogen and oxygen atoms in total. The second-order valence-electron chi connectivity index (χ2n) is 4.50. The van der Waals surface area contributed by atoms with Crippen LogP contribution in [0.15, 0.2) is 18.3 Å². The Balaban J connectivity index is 1.95. The van der Waals surface area contributed by atoms with Crippen LogP contribution in [0, 0.1) is 0 Å². The molecular formula is C13H21N3O. The molecule has 1 fully saturated rings. The molecule has 0 bridgehead atoms. The van der Waals surface area contributed by atoms with Crippen LogP contribution in [0.3, 0.4) is 0 Å². The number of rotatable bonds is 4. The molecule has 1 saturated heterocycles. The number of methoxy groups -OCH3 is 1. The number of nitrogens with zero attached hydrogens (tertiary/aromatic N) is 2. The minimum atomic E-state index is 0.632. The molecule has 1 N–H and O–H groups in total. The van der Waals surface area contributed by atoms with Crippen molar-refractivity contribution in [2.24, 2.45) is 0 Å². The van der Waals surface area contributed by atoms with E-state index in [2.05, 4.69) is 28.2 Å². The molecule has 2 rings (SSSR count). The maximum absolute atomic E-state index is 5.14. The lowest BCUT2D eigenvalue weighted by molar-refractivity contribution is 0.189. The van der Waals surface area contributed by atoms with Gasteiger partial charge in [-0.05, 0) is 18.1 Å². The fourth-order valence-corrected chi connectivity index (χ4v) is 2.23. The monoisotopic (exact) mass is 235 g/mol. The largest absolute Gasteiger partial charge is 0.481 e. The van der Waals surface area contributed by atoms with Gasteiger partial charge in [-0.3, -0.25) is 4.90 Å². The number of nitrogens with one attached hydrogen (secondary N) is 1. The van der Waals surface area contributed by atoms with Crippen molar-refractivity contribution >= 4 is 0 Å². The molecule has 4 heteroatoms. The fraction of sp³-hybridized carbons (Fsp3) is 0.615. The highest BCUT2D eigenvalue weighted by Crippen LogP contribution is 2.12. The molecule has 1 aromatic rings. The van der Waals surface area contributed by atoms with Gasteiger partial charge in [0.2, 0.25) is 5.88 Å². The molecule has 0 radical (unpaired) electrons. The summed E-state index contributed by atoms with van der Waals surface area (Å²) >= 11 is 0. The molecular weight excluding hydrogens is 214 g/mol. The first-order chi connectivity index (χ1) is 8.31. The minimum absolute atomic E-state index is 0.632. The number of aromatic nitrogens is 1. The summed E-state index contributed by atoms with van der Waals surface area (Å²) in [5.41, 5.74) is 1.27. The molecule has 0 aliphatic carbocycles. The van der Waals surface area contributed by atoms with Gasteiger partial charge in [-0.25, -0.2) is 4.98 Å². The molecule has 1 atom stereocenters. The van der Waals surface area contributed by atoms with Crippen LogP contribution in [-0.2, 0) is 6.54 Å². The summed E-state index contributed by atoms with van der Waals surface area (Å²) in [5.74, 6) is 0.699. The van der Waals surface area contributed by atoms with Gasteiger partial charge < -0.3 is 10.1 Å². The molecule has 1 aliphatic rings. The normalized spacial score (nSPS) is 21.4. The van der Waals surface area contributed by atoms with Gasteiger partial charge in [0.15, 0.2) is 0 Å². The van der Waals surface area contributed by atoms with Crippen molar-refractivity contribution < 1.29 is 4.74 Å². The van der Waals surface area contributed by atoms with Crippen molar-refractivity contribution in [3.63, 3.8) is 0 Å². The molecule has 94 valence electrons. The SMILES string of the molecule is CCC1CN(Cc2ccnc(OC)c2)CCN1. The van der Waals surface area contributed by atoms with E-state index in [1.807, 2.05) is 12.3 Å². The lowest BCUT2D eigenvalue weighted by Crippen LogP contribution is -2.49. The van der Waals surface area contributed by atoms with Gasteiger partial charge in [0.05, 0.1) is 7.11 Å². The lowest BCUT2D eigenvalue weighted by Gasteiger charge is -2.33. The van der Waals surface area contributed by atoms with Gasteiger partial charge in [-0.1, -0.05) is 6.92 Å². The van der Waals surface area contributed by atoms with Gasteiger partial charge in [0.1, 0.15) is 0 Å². The van der Waals surface area contributed by atoms with Crippen molar-refractivity contribution in [1.29, 1.82) is 0 Å². The zero-order chi connectivity index (χ0) is 12.1. The maximum atomic E-state index is 5.14.